The van der Waals surface area contributed by atoms with Gasteiger partial charge in [0.15, 0.2) is 5.82 Å². The number of nitrogens with zero attached hydrogens (tertiary/aromatic N) is 3. The molecule has 0 radical (unpaired) electrons. The lowest BCUT2D eigenvalue weighted by Gasteiger charge is -2.13. The van der Waals surface area contributed by atoms with Crippen molar-refractivity contribution in [3.05, 3.63) is 200 Å². The van der Waals surface area contributed by atoms with Gasteiger partial charge in [-0.2, -0.15) is 0 Å². The van der Waals surface area contributed by atoms with Crippen LogP contribution in [0.4, 0.5) is 0 Å². The first kappa shape index (κ1) is 31.2. The zero-order valence-electron chi connectivity index (χ0n) is 29.9. The number of hydrogen-bond donors (Lipinski definition) is 0. The molecule has 0 spiro atoms. The van der Waals surface area contributed by atoms with Gasteiger partial charge < -0.3 is 4.57 Å². The van der Waals surface area contributed by atoms with Gasteiger partial charge in [0.2, 0.25) is 0 Å². The van der Waals surface area contributed by atoms with E-state index in [0.29, 0.717) is 5.82 Å². The third kappa shape index (κ3) is 5.28. The molecule has 2 heterocycles. The highest BCUT2D eigenvalue weighted by Gasteiger charge is 2.18. The Balaban J connectivity index is 1.13. The fourth-order valence-electron chi connectivity index (χ4n) is 8.32. The molecular weight excluding hydrogens is 667 g/mol. The van der Waals surface area contributed by atoms with Gasteiger partial charge in [0, 0.05) is 33.2 Å². The maximum absolute atomic E-state index is 5.31. The van der Waals surface area contributed by atoms with Crippen LogP contribution in [0.3, 0.4) is 0 Å². The Kier molecular flexibility index (Phi) is 7.17. The molecule has 55 heavy (non-hydrogen) atoms. The number of fused-ring (bicyclic) bond motifs is 8. The van der Waals surface area contributed by atoms with E-state index in [1.165, 1.54) is 59.7 Å². The minimum atomic E-state index is 0.685. The zero-order chi connectivity index (χ0) is 36.3. The first-order chi connectivity index (χ1) is 27.2. The summed E-state index contributed by atoms with van der Waals surface area (Å²) in [5.41, 5.74) is 10.6. The third-order valence-corrected chi connectivity index (χ3v) is 10.9. The first-order valence-corrected chi connectivity index (χ1v) is 18.7. The standard InChI is InChI=1S/C52H33N3/c1-2-12-34(13-3-1)39-18-10-19-40(30-39)46-33-47(41-25-24-35-14-4-5-17-38(35)31-41)54-52(53-46)42-20-11-21-43(32-42)55-48-28-26-36-15-6-8-22-44(36)50(48)51-45-23-9-7-16-37(45)27-29-49(51)55/h1-33H. The van der Waals surface area contributed by atoms with Crippen LogP contribution in [0.1, 0.15) is 0 Å². The second-order valence-electron chi connectivity index (χ2n) is 14.2. The number of benzene rings is 9. The minimum absolute atomic E-state index is 0.685. The average Bonchev–Trinajstić information content (AvgIpc) is 3.62. The molecule has 2 aromatic heterocycles. The fourth-order valence-corrected chi connectivity index (χ4v) is 8.32. The quantitative estimate of drug-likeness (QED) is 0.179. The van der Waals surface area contributed by atoms with E-state index in [9.17, 15) is 0 Å². The molecule has 0 amide bonds. The highest BCUT2D eigenvalue weighted by molar-refractivity contribution is 6.28. The molecule has 0 saturated carbocycles. The minimum Gasteiger partial charge on any atom is -0.309 e. The largest absolute Gasteiger partial charge is 0.309 e. The number of hydrogen-bond acceptors (Lipinski definition) is 2. The van der Waals surface area contributed by atoms with Gasteiger partial charge in [-0.3, -0.25) is 0 Å². The molecule has 0 saturated heterocycles. The molecule has 0 unspecified atom stereocenters. The van der Waals surface area contributed by atoms with Crippen LogP contribution in [-0.4, -0.2) is 14.5 Å². The van der Waals surface area contributed by atoms with Crippen LogP contribution in [0, 0.1) is 0 Å². The van der Waals surface area contributed by atoms with E-state index in [0.717, 1.165) is 39.3 Å². The molecule has 11 aromatic rings. The Morgan fingerprint density at radius 3 is 1.55 bits per heavy atom. The van der Waals surface area contributed by atoms with Crippen molar-refractivity contribution >= 4 is 54.1 Å². The van der Waals surface area contributed by atoms with Gasteiger partial charge in [0.1, 0.15) is 0 Å². The lowest BCUT2D eigenvalue weighted by Crippen LogP contribution is -1.98. The van der Waals surface area contributed by atoms with Crippen molar-refractivity contribution < 1.29 is 0 Å². The van der Waals surface area contributed by atoms with E-state index in [2.05, 4.69) is 205 Å². The van der Waals surface area contributed by atoms with Gasteiger partial charge in [-0.25, -0.2) is 9.97 Å². The summed E-state index contributed by atoms with van der Waals surface area (Å²) in [5, 5.41) is 9.90. The Morgan fingerprint density at radius 2 is 0.836 bits per heavy atom. The Labute approximate surface area is 318 Å². The van der Waals surface area contributed by atoms with Gasteiger partial charge in [0.25, 0.3) is 0 Å². The zero-order valence-corrected chi connectivity index (χ0v) is 29.9. The predicted octanol–water partition coefficient (Wildman–Crippen LogP) is 13.7. The summed E-state index contributed by atoms with van der Waals surface area (Å²) >= 11 is 0. The topological polar surface area (TPSA) is 30.7 Å². The Hall–Kier alpha value is -7.36. The molecule has 3 nitrogen and oxygen atoms in total. The first-order valence-electron chi connectivity index (χ1n) is 18.7. The van der Waals surface area contributed by atoms with Crippen molar-refractivity contribution in [3.8, 4) is 50.7 Å². The monoisotopic (exact) mass is 699 g/mol. The molecule has 3 heteroatoms. The van der Waals surface area contributed by atoms with Gasteiger partial charge in [-0.15, -0.1) is 0 Å². The predicted molar refractivity (Wildman–Crippen MR) is 231 cm³/mol. The molecule has 0 atom stereocenters. The highest BCUT2D eigenvalue weighted by Crippen LogP contribution is 2.41. The van der Waals surface area contributed by atoms with E-state index in [-0.39, 0.29) is 0 Å². The van der Waals surface area contributed by atoms with Crippen molar-refractivity contribution in [2.75, 3.05) is 0 Å². The van der Waals surface area contributed by atoms with Crippen LogP contribution >= 0.6 is 0 Å². The smallest absolute Gasteiger partial charge is 0.160 e. The van der Waals surface area contributed by atoms with Gasteiger partial charge in [0.05, 0.1) is 22.4 Å². The lowest BCUT2D eigenvalue weighted by molar-refractivity contribution is 1.16. The van der Waals surface area contributed by atoms with Gasteiger partial charge in [-0.1, -0.05) is 158 Å². The maximum atomic E-state index is 5.31. The summed E-state index contributed by atoms with van der Waals surface area (Å²) in [6, 6.07) is 71.5. The molecule has 256 valence electrons. The average molecular weight is 700 g/mol. The van der Waals surface area contributed by atoms with E-state index < -0.39 is 0 Å². The lowest BCUT2D eigenvalue weighted by atomic mass is 10.00. The normalized spacial score (nSPS) is 11.6. The molecule has 0 aliphatic heterocycles. The Morgan fingerprint density at radius 1 is 0.309 bits per heavy atom. The van der Waals surface area contributed by atoms with Crippen molar-refractivity contribution in [2.45, 2.75) is 0 Å². The molecule has 0 aliphatic rings. The van der Waals surface area contributed by atoms with Crippen molar-refractivity contribution in [3.63, 3.8) is 0 Å². The van der Waals surface area contributed by atoms with Gasteiger partial charge in [-0.05, 0) is 85.9 Å². The van der Waals surface area contributed by atoms with Crippen LogP contribution in [0.2, 0.25) is 0 Å². The third-order valence-electron chi connectivity index (χ3n) is 10.9. The van der Waals surface area contributed by atoms with E-state index in [1.807, 2.05) is 0 Å². The van der Waals surface area contributed by atoms with Crippen LogP contribution in [0.25, 0.3) is 105 Å². The summed E-state index contributed by atoms with van der Waals surface area (Å²) in [6.07, 6.45) is 0. The Bertz CT molecular complexity index is 3170. The summed E-state index contributed by atoms with van der Waals surface area (Å²) in [7, 11) is 0. The van der Waals surface area contributed by atoms with Crippen molar-refractivity contribution in [1.29, 1.82) is 0 Å². The molecule has 11 rings (SSSR count). The van der Waals surface area contributed by atoms with E-state index >= 15 is 0 Å². The summed E-state index contributed by atoms with van der Waals surface area (Å²) in [6.45, 7) is 0. The number of aromatic nitrogens is 3. The summed E-state index contributed by atoms with van der Waals surface area (Å²) in [5.74, 6) is 0.685. The second-order valence-corrected chi connectivity index (χ2v) is 14.2. The van der Waals surface area contributed by atoms with Crippen LogP contribution in [-0.2, 0) is 0 Å². The molecule has 9 aromatic carbocycles. The molecular formula is C52H33N3. The van der Waals surface area contributed by atoms with Crippen molar-refractivity contribution in [1.82, 2.24) is 14.5 Å². The maximum Gasteiger partial charge on any atom is 0.160 e. The van der Waals surface area contributed by atoms with Crippen LogP contribution < -0.4 is 0 Å². The fraction of sp³-hybridized carbons (Fsp3) is 0. The van der Waals surface area contributed by atoms with Crippen LogP contribution in [0.5, 0.6) is 0 Å². The molecule has 0 N–H and O–H groups in total. The van der Waals surface area contributed by atoms with E-state index in [1.54, 1.807) is 0 Å². The molecule has 0 bridgehead atoms. The highest BCUT2D eigenvalue weighted by atomic mass is 15.0. The summed E-state index contributed by atoms with van der Waals surface area (Å²) in [4.78, 5) is 10.6. The van der Waals surface area contributed by atoms with Crippen molar-refractivity contribution in [2.24, 2.45) is 0 Å². The van der Waals surface area contributed by atoms with Crippen LogP contribution in [0.15, 0.2) is 200 Å². The summed E-state index contributed by atoms with van der Waals surface area (Å²) < 4.78 is 2.41. The SMILES string of the molecule is c1ccc(-c2cccc(-c3cc(-c4ccc5ccccc5c4)nc(-c4cccc(-n5c6ccc7ccccc7c6c6c7ccccc7ccc65)c4)n3)c2)cc1. The van der Waals surface area contributed by atoms with Gasteiger partial charge >= 0.3 is 0 Å². The molecule has 0 fully saturated rings. The van der Waals surface area contributed by atoms with E-state index in [4.69, 9.17) is 9.97 Å². The second kappa shape index (κ2) is 12.6. The molecule has 0 aliphatic carbocycles. The number of rotatable bonds is 5.